The van der Waals surface area contributed by atoms with Gasteiger partial charge < -0.3 is 5.32 Å². The third-order valence-electron chi connectivity index (χ3n) is 3.74. The Bertz CT molecular complexity index is 570. The molecule has 20 heavy (non-hydrogen) atoms. The second kappa shape index (κ2) is 5.98. The second-order valence-electron chi connectivity index (χ2n) is 5.39. The molecule has 0 bridgehead atoms. The van der Waals surface area contributed by atoms with E-state index in [1.54, 1.807) is 0 Å². The van der Waals surface area contributed by atoms with Gasteiger partial charge >= 0.3 is 0 Å². The number of hydrogen-bond acceptors (Lipinski definition) is 2. The van der Waals surface area contributed by atoms with E-state index in [1.165, 1.54) is 29.7 Å². The fourth-order valence-corrected chi connectivity index (χ4v) is 2.67. The molecule has 1 fully saturated rings. The smallest absolute Gasteiger partial charge is 0.0662 e. The number of benzene rings is 1. The van der Waals surface area contributed by atoms with E-state index < -0.39 is 0 Å². The molecular weight excluding hydrogens is 270 g/mol. The molecule has 1 aliphatic carbocycles. The molecule has 3 nitrogen and oxygen atoms in total. The Balaban J connectivity index is 1.81. The first-order valence-corrected chi connectivity index (χ1v) is 7.65. The van der Waals surface area contributed by atoms with E-state index in [2.05, 4.69) is 34.2 Å². The highest BCUT2D eigenvalue weighted by atomic mass is 35.5. The number of halogens is 1. The zero-order chi connectivity index (χ0) is 13.9. The fourth-order valence-electron chi connectivity index (χ4n) is 2.55. The third kappa shape index (κ3) is 3.05. The minimum Gasteiger partial charge on any atom is -0.313 e. The van der Waals surface area contributed by atoms with Crippen molar-refractivity contribution in [3.63, 3.8) is 0 Å². The van der Waals surface area contributed by atoms with Crippen LogP contribution in [0.3, 0.4) is 0 Å². The van der Waals surface area contributed by atoms with Crippen molar-refractivity contribution in [1.82, 2.24) is 15.1 Å². The molecule has 0 spiro atoms. The van der Waals surface area contributed by atoms with Crippen LogP contribution in [0.15, 0.2) is 30.5 Å². The van der Waals surface area contributed by atoms with Gasteiger partial charge in [-0.2, -0.15) is 5.10 Å². The standard InChI is InChI=1S/C16H20ClN3/c1-2-18-9-14-10-19-20(16(14)13-5-6-13)11-12-3-7-15(17)8-4-12/h3-4,7-8,10,13,18H,2,5-6,9,11H2,1H3. The van der Waals surface area contributed by atoms with Gasteiger partial charge in [-0.05, 0) is 37.1 Å². The van der Waals surface area contributed by atoms with Crippen LogP contribution in [0.4, 0.5) is 0 Å². The molecule has 1 N–H and O–H groups in total. The normalized spacial score (nSPS) is 14.7. The molecule has 3 rings (SSSR count). The van der Waals surface area contributed by atoms with Crippen LogP contribution in [-0.4, -0.2) is 16.3 Å². The van der Waals surface area contributed by atoms with Gasteiger partial charge in [-0.3, -0.25) is 4.68 Å². The van der Waals surface area contributed by atoms with Crippen molar-refractivity contribution < 1.29 is 0 Å². The Morgan fingerprint density at radius 3 is 2.70 bits per heavy atom. The fraction of sp³-hybridized carbons (Fsp3) is 0.438. The van der Waals surface area contributed by atoms with Crippen LogP contribution in [0.2, 0.25) is 5.02 Å². The Morgan fingerprint density at radius 2 is 2.05 bits per heavy atom. The van der Waals surface area contributed by atoms with Crippen LogP contribution in [0.5, 0.6) is 0 Å². The lowest BCUT2D eigenvalue weighted by atomic mass is 10.1. The molecule has 0 atom stereocenters. The molecule has 1 aromatic heterocycles. The van der Waals surface area contributed by atoms with Gasteiger partial charge in [0.05, 0.1) is 12.7 Å². The van der Waals surface area contributed by atoms with E-state index in [1.807, 2.05) is 18.3 Å². The van der Waals surface area contributed by atoms with Crippen molar-refractivity contribution in [2.24, 2.45) is 0 Å². The highest BCUT2D eigenvalue weighted by Crippen LogP contribution is 2.41. The summed E-state index contributed by atoms with van der Waals surface area (Å²) >= 11 is 5.94. The summed E-state index contributed by atoms with van der Waals surface area (Å²) in [5, 5.41) is 8.78. The lowest BCUT2D eigenvalue weighted by molar-refractivity contribution is 0.639. The van der Waals surface area contributed by atoms with Crippen molar-refractivity contribution in [3.8, 4) is 0 Å². The first kappa shape index (κ1) is 13.7. The Hall–Kier alpha value is -1.32. The predicted octanol–water partition coefficient (Wildman–Crippen LogP) is 3.57. The van der Waals surface area contributed by atoms with Gasteiger partial charge in [0.2, 0.25) is 0 Å². The molecule has 2 aromatic rings. The number of nitrogens with one attached hydrogen (secondary N) is 1. The number of nitrogens with zero attached hydrogens (tertiary/aromatic N) is 2. The van der Waals surface area contributed by atoms with E-state index >= 15 is 0 Å². The number of rotatable bonds is 6. The predicted molar refractivity (Wildman–Crippen MR) is 82.1 cm³/mol. The van der Waals surface area contributed by atoms with Crippen LogP contribution < -0.4 is 5.32 Å². The Labute approximate surface area is 124 Å². The summed E-state index contributed by atoms with van der Waals surface area (Å²) in [4.78, 5) is 0. The van der Waals surface area contributed by atoms with Gasteiger partial charge in [0.1, 0.15) is 0 Å². The van der Waals surface area contributed by atoms with Crippen LogP contribution in [0.25, 0.3) is 0 Å². The zero-order valence-electron chi connectivity index (χ0n) is 11.8. The van der Waals surface area contributed by atoms with Gasteiger partial charge in [0.25, 0.3) is 0 Å². The highest BCUT2D eigenvalue weighted by Gasteiger charge is 2.29. The molecule has 106 valence electrons. The molecule has 1 heterocycles. The van der Waals surface area contributed by atoms with Gasteiger partial charge in [-0.15, -0.1) is 0 Å². The average molecular weight is 290 g/mol. The number of hydrogen-bond donors (Lipinski definition) is 1. The molecule has 0 saturated heterocycles. The van der Waals surface area contributed by atoms with Crippen LogP contribution in [-0.2, 0) is 13.1 Å². The van der Waals surface area contributed by atoms with Crippen molar-refractivity contribution in [2.75, 3.05) is 6.54 Å². The maximum absolute atomic E-state index is 5.94. The quantitative estimate of drug-likeness (QED) is 0.881. The van der Waals surface area contributed by atoms with E-state index in [4.69, 9.17) is 11.6 Å². The summed E-state index contributed by atoms with van der Waals surface area (Å²) in [7, 11) is 0. The van der Waals surface area contributed by atoms with Gasteiger partial charge in [-0.25, -0.2) is 0 Å². The summed E-state index contributed by atoms with van der Waals surface area (Å²) in [5.41, 5.74) is 4.01. The van der Waals surface area contributed by atoms with E-state index in [-0.39, 0.29) is 0 Å². The second-order valence-corrected chi connectivity index (χ2v) is 5.83. The topological polar surface area (TPSA) is 29.9 Å². The lowest BCUT2D eigenvalue weighted by Crippen LogP contribution is -2.13. The summed E-state index contributed by atoms with van der Waals surface area (Å²) < 4.78 is 2.16. The molecule has 1 aliphatic rings. The van der Waals surface area contributed by atoms with E-state index in [0.717, 1.165) is 24.7 Å². The first-order valence-electron chi connectivity index (χ1n) is 7.27. The van der Waals surface area contributed by atoms with Crippen molar-refractivity contribution in [3.05, 3.63) is 52.3 Å². The summed E-state index contributed by atoms with van der Waals surface area (Å²) in [6, 6.07) is 8.03. The summed E-state index contributed by atoms with van der Waals surface area (Å²) in [6.07, 6.45) is 4.61. The molecular formula is C16H20ClN3. The average Bonchev–Trinajstić information content (AvgIpc) is 3.21. The lowest BCUT2D eigenvalue weighted by Gasteiger charge is -2.09. The summed E-state index contributed by atoms with van der Waals surface area (Å²) in [6.45, 7) is 4.87. The molecule has 0 unspecified atom stereocenters. The summed E-state index contributed by atoms with van der Waals surface area (Å²) in [5.74, 6) is 0.707. The van der Waals surface area contributed by atoms with Crippen LogP contribution in [0.1, 0.15) is 42.5 Å². The molecule has 0 amide bonds. The van der Waals surface area contributed by atoms with Crippen LogP contribution in [0, 0.1) is 0 Å². The first-order chi connectivity index (χ1) is 9.78. The van der Waals surface area contributed by atoms with Gasteiger partial charge in [-0.1, -0.05) is 30.7 Å². The maximum atomic E-state index is 5.94. The SMILES string of the molecule is CCNCc1cnn(Cc2ccc(Cl)cc2)c1C1CC1. The maximum Gasteiger partial charge on any atom is 0.0662 e. The molecule has 1 aromatic carbocycles. The highest BCUT2D eigenvalue weighted by molar-refractivity contribution is 6.30. The Kier molecular flexibility index (Phi) is 4.08. The van der Waals surface area contributed by atoms with Crippen LogP contribution >= 0.6 is 11.6 Å². The zero-order valence-corrected chi connectivity index (χ0v) is 12.5. The van der Waals surface area contributed by atoms with Crippen molar-refractivity contribution >= 4 is 11.6 Å². The minimum atomic E-state index is 0.707. The minimum absolute atomic E-state index is 0.707. The molecule has 0 aliphatic heterocycles. The largest absolute Gasteiger partial charge is 0.313 e. The van der Waals surface area contributed by atoms with E-state index in [0.29, 0.717) is 5.92 Å². The molecule has 0 radical (unpaired) electrons. The monoisotopic (exact) mass is 289 g/mol. The third-order valence-corrected chi connectivity index (χ3v) is 3.99. The van der Waals surface area contributed by atoms with Gasteiger partial charge in [0.15, 0.2) is 0 Å². The number of aromatic nitrogens is 2. The molecule has 1 saturated carbocycles. The van der Waals surface area contributed by atoms with Crippen molar-refractivity contribution in [2.45, 2.75) is 38.8 Å². The molecule has 4 heteroatoms. The van der Waals surface area contributed by atoms with Gasteiger partial charge in [0, 0.05) is 28.7 Å². The van der Waals surface area contributed by atoms with E-state index in [9.17, 15) is 0 Å². The Morgan fingerprint density at radius 1 is 1.30 bits per heavy atom. The van der Waals surface area contributed by atoms with Crippen molar-refractivity contribution in [1.29, 1.82) is 0 Å².